The van der Waals surface area contributed by atoms with E-state index in [0.29, 0.717) is 6.54 Å². The molecule has 0 aromatic heterocycles. The Morgan fingerprint density at radius 2 is 2.05 bits per heavy atom. The van der Waals surface area contributed by atoms with Gasteiger partial charge in [0.15, 0.2) is 6.61 Å². The number of ether oxygens (including phenoxy) is 1. The molecule has 1 aromatic rings. The number of nitrogens with one attached hydrogen (secondary N) is 2. The third-order valence-electron chi connectivity index (χ3n) is 2.98. The van der Waals surface area contributed by atoms with E-state index < -0.39 is 0 Å². The third kappa shape index (κ3) is 7.48. The number of hydrogen-bond donors (Lipinski definition) is 2. The Kier molecular flexibility index (Phi) is 9.10. The van der Waals surface area contributed by atoms with Gasteiger partial charge >= 0.3 is 0 Å². The first kappa shape index (κ1) is 18.0. The lowest BCUT2D eigenvalue weighted by Crippen LogP contribution is -2.29. The van der Waals surface area contributed by atoms with Crippen molar-refractivity contribution in [3.05, 3.63) is 28.2 Å². The second kappa shape index (κ2) is 10.6. The number of amides is 1. The van der Waals surface area contributed by atoms with E-state index in [1.807, 2.05) is 18.2 Å². The number of rotatable bonds is 10. The van der Waals surface area contributed by atoms with Crippen molar-refractivity contribution in [3.63, 3.8) is 0 Å². The second-order valence-corrected chi connectivity index (χ2v) is 5.78. The number of benzene rings is 1. The topological polar surface area (TPSA) is 50.4 Å². The molecular weight excluding hydrogens is 332 g/mol. The second-order valence-electron chi connectivity index (χ2n) is 4.92. The van der Waals surface area contributed by atoms with Crippen LogP contribution in [-0.4, -0.2) is 25.6 Å². The summed E-state index contributed by atoms with van der Waals surface area (Å²) in [6.45, 7) is 6.78. The summed E-state index contributed by atoms with van der Waals surface area (Å²) in [7, 11) is 0. The summed E-state index contributed by atoms with van der Waals surface area (Å²) < 4.78 is 6.59. The normalized spacial score (nSPS) is 10.4. The zero-order valence-electron chi connectivity index (χ0n) is 12.9. The van der Waals surface area contributed by atoms with Crippen LogP contribution < -0.4 is 15.4 Å². The minimum atomic E-state index is -0.0722. The molecule has 0 spiro atoms. The van der Waals surface area contributed by atoms with E-state index in [1.165, 1.54) is 0 Å². The monoisotopic (exact) mass is 356 g/mol. The van der Waals surface area contributed by atoms with Crippen molar-refractivity contribution < 1.29 is 9.53 Å². The minimum absolute atomic E-state index is 0.0627. The predicted molar refractivity (Wildman–Crippen MR) is 89.6 cm³/mol. The number of hydrogen-bond acceptors (Lipinski definition) is 3. The van der Waals surface area contributed by atoms with Crippen LogP contribution in [-0.2, 0) is 11.3 Å². The molecule has 0 aliphatic rings. The molecule has 5 heteroatoms. The third-order valence-corrected chi connectivity index (χ3v) is 3.76. The molecule has 0 aliphatic carbocycles. The van der Waals surface area contributed by atoms with Gasteiger partial charge in [0.05, 0.1) is 0 Å². The summed E-state index contributed by atoms with van der Waals surface area (Å²) in [5.74, 6) is 0.647. The van der Waals surface area contributed by atoms with Gasteiger partial charge in [0, 0.05) is 17.6 Å². The highest BCUT2D eigenvalue weighted by Crippen LogP contribution is 2.22. The lowest BCUT2D eigenvalue weighted by Gasteiger charge is -2.10. The van der Waals surface area contributed by atoms with Crippen LogP contribution >= 0.6 is 15.9 Å². The van der Waals surface area contributed by atoms with Gasteiger partial charge in [0.25, 0.3) is 5.91 Å². The number of carbonyl (C=O) groups excluding carboxylic acids is 1. The van der Waals surface area contributed by atoms with Crippen LogP contribution in [0, 0.1) is 0 Å². The molecule has 0 heterocycles. The smallest absolute Gasteiger partial charge is 0.257 e. The SMILES string of the molecule is CCCCNC(=O)COc1ccc(Br)c(CNCCC)c1. The Morgan fingerprint density at radius 1 is 1.24 bits per heavy atom. The van der Waals surface area contributed by atoms with Gasteiger partial charge in [-0.1, -0.05) is 36.2 Å². The van der Waals surface area contributed by atoms with Crippen LogP contribution in [0.1, 0.15) is 38.7 Å². The lowest BCUT2D eigenvalue weighted by molar-refractivity contribution is -0.123. The van der Waals surface area contributed by atoms with Crippen LogP contribution in [0.4, 0.5) is 0 Å². The van der Waals surface area contributed by atoms with E-state index in [0.717, 1.165) is 48.1 Å². The lowest BCUT2D eigenvalue weighted by atomic mass is 10.2. The van der Waals surface area contributed by atoms with Crippen molar-refractivity contribution in [2.45, 2.75) is 39.7 Å². The molecule has 1 amide bonds. The average molecular weight is 357 g/mol. The first-order valence-electron chi connectivity index (χ1n) is 7.56. The highest BCUT2D eigenvalue weighted by Gasteiger charge is 2.05. The summed E-state index contributed by atoms with van der Waals surface area (Å²) in [5.41, 5.74) is 1.13. The van der Waals surface area contributed by atoms with Crippen molar-refractivity contribution in [1.29, 1.82) is 0 Å². The molecule has 0 saturated carbocycles. The summed E-state index contributed by atoms with van der Waals surface area (Å²) in [4.78, 5) is 11.6. The largest absolute Gasteiger partial charge is 0.484 e. The standard InChI is InChI=1S/C16H25BrN2O2/c1-3-5-9-19-16(20)12-21-14-6-7-15(17)13(10-14)11-18-8-4-2/h6-7,10,18H,3-5,8-9,11-12H2,1-2H3,(H,19,20). The van der Waals surface area contributed by atoms with Gasteiger partial charge in [-0.05, 0) is 43.1 Å². The Balaban J connectivity index is 2.44. The molecule has 0 fully saturated rings. The highest BCUT2D eigenvalue weighted by molar-refractivity contribution is 9.10. The minimum Gasteiger partial charge on any atom is -0.484 e. The molecule has 1 rings (SSSR count). The van der Waals surface area contributed by atoms with Gasteiger partial charge in [-0.25, -0.2) is 0 Å². The molecule has 0 atom stereocenters. The van der Waals surface area contributed by atoms with Crippen molar-refractivity contribution in [2.24, 2.45) is 0 Å². The Labute approximate surface area is 135 Å². The molecule has 1 aromatic carbocycles. The van der Waals surface area contributed by atoms with E-state index >= 15 is 0 Å². The zero-order chi connectivity index (χ0) is 15.5. The maximum absolute atomic E-state index is 11.6. The fourth-order valence-corrected chi connectivity index (χ4v) is 2.17. The van der Waals surface area contributed by atoms with E-state index in [4.69, 9.17) is 4.74 Å². The molecule has 118 valence electrons. The van der Waals surface area contributed by atoms with Crippen LogP contribution in [0.15, 0.2) is 22.7 Å². The quantitative estimate of drug-likeness (QED) is 0.632. The maximum atomic E-state index is 11.6. The van der Waals surface area contributed by atoms with Crippen LogP contribution in [0.25, 0.3) is 0 Å². The Morgan fingerprint density at radius 3 is 2.76 bits per heavy atom. The maximum Gasteiger partial charge on any atom is 0.257 e. The first-order valence-corrected chi connectivity index (χ1v) is 8.35. The summed E-state index contributed by atoms with van der Waals surface area (Å²) in [6.07, 6.45) is 3.17. The molecule has 0 unspecified atom stereocenters. The van der Waals surface area contributed by atoms with Crippen LogP contribution in [0.5, 0.6) is 5.75 Å². The molecule has 0 bridgehead atoms. The fourth-order valence-electron chi connectivity index (χ4n) is 1.78. The van der Waals surface area contributed by atoms with Crippen molar-refractivity contribution in [2.75, 3.05) is 19.7 Å². The van der Waals surface area contributed by atoms with E-state index in [-0.39, 0.29) is 12.5 Å². The van der Waals surface area contributed by atoms with Gasteiger partial charge in [-0.2, -0.15) is 0 Å². The molecule has 0 aliphatic heterocycles. The van der Waals surface area contributed by atoms with E-state index in [1.54, 1.807) is 0 Å². The molecular formula is C16H25BrN2O2. The van der Waals surface area contributed by atoms with Gasteiger partial charge in [-0.15, -0.1) is 0 Å². The average Bonchev–Trinajstić information content (AvgIpc) is 2.48. The highest BCUT2D eigenvalue weighted by atomic mass is 79.9. The summed E-state index contributed by atoms with van der Waals surface area (Å²) >= 11 is 3.53. The predicted octanol–water partition coefficient (Wildman–Crippen LogP) is 3.24. The van der Waals surface area contributed by atoms with Crippen molar-refractivity contribution in [3.8, 4) is 5.75 Å². The molecule has 0 saturated heterocycles. The molecule has 2 N–H and O–H groups in total. The Hall–Kier alpha value is -1.07. The molecule has 4 nitrogen and oxygen atoms in total. The molecule has 21 heavy (non-hydrogen) atoms. The summed E-state index contributed by atoms with van der Waals surface area (Å²) in [5, 5.41) is 6.19. The van der Waals surface area contributed by atoms with Gasteiger partial charge in [-0.3, -0.25) is 4.79 Å². The van der Waals surface area contributed by atoms with Gasteiger partial charge < -0.3 is 15.4 Å². The Bertz CT molecular complexity index is 438. The van der Waals surface area contributed by atoms with E-state index in [2.05, 4.69) is 40.4 Å². The van der Waals surface area contributed by atoms with Crippen molar-refractivity contribution in [1.82, 2.24) is 10.6 Å². The van der Waals surface area contributed by atoms with E-state index in [9.17, 15) is 4.79 Å². The molecule has 0 radical (unpaired) electrons. The zero-order valence-corrected chi connectivity index (χ0v) is 14.5. The number of halogens is 1. The fraction of sp³-hybridized carbons (Fsp3) is 0.562. The number of carbonyl (C=O) groups is 1. The van der Waals surface area contributed by atoms with Gasteiger partial charge in [0.1, 0.15) is 5.75 Å². The first-order chi connectivity index (χ1) is 10.2. The van der Waals surface area contributed by atoms with Crippen LogP contribution in [0.2, 0.25) is 0 Å². The van der Waals surface area contributed by atoms with Crippen LogP contribution in [0.3, 0.4) is 0 Å². The summed E-state index contributed by atoms with van der Waals surface area (Å²) in [6, 6.07) is 5.78. The van der Waals surface area contributed by atoms with Crippen molar-refractivity contribution >= 4 is 21.8 Å². The number of unbranched alkanes of at least 4 members (excludes halogenated alkanes) is 1. The van der Waals surface area contributed by atoms with Gasteiger partial charge in [0.2, 0.25) is 0 Å².